The van der Waals surface area contributed by atoms with E-state index < -0.39 is 0 Å². The molecule has 6 rings (SSSR count). The van der Waals surface area contributed by atoms with Crippen LogP contribution in [0.4, 0.5) is 0 Å². The molecule has 0 saturated carbocycles. The van der Waals surface area contributed by atoms with Gasteiger partial charge in [-0.15, -0.1) is 0 Å². The second-order valence-electron chi connectivity index (χ2n) is 11.2. The van der Waals surface area contributed by atoms with E-state index in [0.717, 1.165) is 65.7 Å². The highest BCUT2D eigenvalue weighted by Crippen LogP contribution is 2.64. The van der Waals surface area contributed by atoms with Crippen molar-refractivity contribution in [2.45, 2.75) is 52.6 Å². The summed E-state index contributed by atoms with van der Waals surface area (Å²) >= 11 is 0. The molecule has 0 aromatic carbocycles. The topological polar surface area (TPSA) is 31.4 Å². The van der Waals surface area contributed by atoms with Crippen molar-refractivity contribution in [3.05, 3.63) is 22.5 Å². The lowest BCUT2D eigenvalue weighted by molar-refractivity contribution is 0.0275. The Bertz CT molecular complexity index is 723. The molecule has 2 atom stereocenters. The highest BCUT2D eigenvalue weighted by atomic mass is 16.5. The van der Waals surface area contributed by atoms with Gasteiger partial charge in [-0.2, -0.15) is 0 Å². The van der Waals surface area contributed by atoms with Crippen molar-refractivity contribution < 1.29 is 9.47 Å². The third kappa shape index (κ3) is 2.63. The Morgan fingerprint density at radius 2 is 1.03 bits per heavy atom. The summed E-state index contributed by atoms with van der Waals surface area (Å²) in [6.07, 6.45) is 2.42. The van der Waals surface area contributed by atoms with Gasteiger partial charge in [0.2, 0.25) is 0 Å². The lowest BCUT2D eigenvalue weighted by Crippen LogP contribution is -2.44. The van der Waals surface area contributed by atoms with Gasteiger partial charge in [0.05, 0.1) is 38.5 Å². The molecule has 6 nitrogen and oxygen atoms in total. The molecule has 0 aromatic rings. The van der Waals surface area contributed by atoms with E-state index in [-0.39, 0.29) is 10.8 Å². The van der Waals surface area contributed by atoms with Crippen LogP contribution in [0.15, 0.2) is 22.5 Å². The summed E-state index contributed by atoms with van der Waals surface area (Å²) in [6.45, 7) is 20.1. The van der Waals surface area contributed by atoms with E-state index >= 15 is 0 Å². The van der Waals surface area contributed by atoms with Crippen LogP contribution in [0.1, 0.15) is 40.5 Å². The van der Waals surface area contributed by atoms with Gasteiger partial charge in [-0.25, -0.2) is 0 Å². The second-order valence-corrected chi connectivity index (χ2v) is 11.2. The summed E-state index contributed by atoms with van der Waals surface area (Å²) in [5.41, 5.74) is 7.18. The van der Waals surface area contributed by atoms with Gasteiger partial charge >= 0.3 is 0 Å². The fraction of sp³-hybridized carbons (Fsp3) is 0.833. The Labute approximate surface area is 181 Å². The molecule has 4 saturated heterocycles. The second kappa shape index (κ2) is 6.71. The molecule has 6 aliphatic rings. The van der Waals surface area contributed by atoms with Gasteiger partial charge in [-0.1, -0.05) is 27.7 Å². The Morgan fingerprint density at radius 1 is 0.667 bits per heavy atom. The lowest BCUT2D eigenvalue weighted by Gasteiger charge is -2.38. The maximum atomic E-state index is 5.60. The summed E-state index contributed by atoms with van der Waals surface area (Å²) < 4.78 is 11.2. The quantitative estimate of drug-likeness (QED) is 0.702. The van der Waals surface area contributed by atoms with Crippen molar-refractivity contribution >= 4 is 0 Å². The van der Waals surface area contributed by atoms with Crippen LogP contribution in [-0.4, -0.2) is 97.6 Å². The molecule has 2 unspecified atom stereocenters. The Balaban J connectivity index is 1.33. The van der Waals surface area contributed by atoms with Crippen molar-refractivity contribution in [3.63, 3.8) is 0 Å². The first-order valence-electron chi connectivity index (χ1n) is 12.0. The largest absolute Gasteiger partial charge is 0.379 e. The third-order valence-corrected chi connectivity index (χ3v) is 9.04. The first-order valence-corrected chi connectivity index (χ1v) is 12.0. The van der Waals surface area contributed by atoms with E-state index in [0.29, 0.717) is 12.1 Å². The monoisotopic (exact) mass is 414 g/mol. The van der Waals surface area contributed by atoms with Crippen LogP contribution in [0.25, 0.3) is 0 Å². The van der Waals surface area contributed by atoms with Crippen molar-refractivity contribution in [1.82, 2.24) is 19.8 Å². The van der Waals surface area contributed by atoms with Crippen LogP contribution in [-0.2, 0) is 9.47 Å². The van der Waals surface area contributed by atoms with Crippen molar-refractivity contribution in [2.24, 2.45) is 10.8 Å². The van der Waals surface area contributed by atoms with Gasteiger partial charge in [0, 0.05) is 74.3 Å². The number of hydrazine groups is 1. The van der Waals surface area contributed by atoms with E-state index in [4.69, 9.17) is 9.47 Å². The molecule has 6 heteroatoms. The zero-order valence-electron chi connectivity index (χ0n) is 19.2. The van der Waals surface area contributed by atoms with Gasteiger partial charge in [0.15, 0.2) is 0 Å². The van der Waals surface area contributed by atoms with Crippen LogP contribution in [0.5, 0.6) is 0 Å². The highest BCUT2D eigenvalue weighted by Gasteiger charge is 2.64. The number of hydrogen-bond donors (Lipinski definition) is 0. The molecule has 6 aliphatic heterocycles. The van der Waals surface area contributed by atoms with Crippen LogP contribution < -0.4 is 0 Å². The molecule has 0 radical (unpaired) electrons. The fourth-order valence-electron chi connectivity index (χ4n) is 7.01. The first kappa shape index (κ1) is 19.6. The van der Waals surface area contributed by atoms with Gasteiger partial charge in [-0.05, 0) is 11.1 Å². The fourth-order valence-corrected chi connectivity index (χ4v) is 7.01. The van der Waals surface area contributed by atoms with Crippen molar-refractivity contribution in [2.75, 3.05) is 65.7 Å². The zero-order valence-corrected chi connectivity index (χ0v) is 19.2. The average Bonchev–Trinajstić information content (AvgIpc) is 3.40. The minimum atomic E-state index is 0.240. The summed E-state index contributed by atoms with van der Waals surface area (Å²) in [5.74, 6) is 0. The molecular weight excluding hydrogens is 376 g/mol. The molecule has 0 aromatic heterocycles. The van der Waals surface area contributed by atoms with Crippen LogP contribution in [0.2, 0.25) is 0 Å². The maximum Gasteiger partial charge on any atom is 0.0647 e. The third-order valence-electron chi connectivity index (χ3n) is 9.04. The Morgan fingerprint density at radius 3 is 1.40 bits per heavy atom. The van der Waals surface area contributed by atoms with Gasteiger partial charge in [0.1, 0.15) is 0 Å². The van der Waals surface area contributed by atoms with Gasteiger partial charge in [0.25, 0.3) is 0 Å². The van der Waals surface area contributed by atoms with Gasteiger partial charge in [-0.3, -0.25) is 19.8 Å². The number of rotatable bonds is 4. The minimum Gasteiger partial charge on any atom is -0.379 e. The highest BCUT2D eigenvalue weighted by molar-refractivity contribution is 5.46. The van der Waals surface area contributed by atoms with E-state index in [1.165, 1.54) is 12.8 Å². The molecule has 0 bridgehead atoms. The number of nitrogens with zero attached hydrogens (tertiary/aromatic N) is 4. The first-order chi connectivity index (χ1) is 14.4. The van der Waals surface area contributed by atoms with Crippen molar-refractivity contribution in [3.8, 4) is 0 Å². The predicted molar refractivity (Wildman–Crippen MR) is 117 cm³/mol. The van der Waals surface area contributed by atoms with Crippen LogP contribution in [0, 0.1) is 10.8 Å². The van der Waals surface area contributed by atoms with E-state index in [2.05, 4.69) is 47.5 Å². The smallest absolute Gasteiger partial charge is 0.0647 e. The molecule has 4 fully saturated rings. The summed E-state index contributed by atoms with van der Waals surface area (Å²) in [7, 11) is 0. The Hall–Kier alpha value is -1.08. The molecular formula is C24H38N4O2. The number of morpholine rings is 2. The molecule has 0 N–H and O–H groups in total. The molecule has 0 aliphatic carbocycles. The molecule has 6 heterocycles. The summed E-state index contributed by atoms with van der Waals surface area (Å²) in [5, 5.41) is 5.51. The zero-order chi connectivity index (χ0) is 20.7. The SMILES string of the molecule is CC1(C)C(CN2CCOCC2)=C2CC3N4C(=C(CN5CCOCC5)C3(C)C)CC1N24. The van der Waals surface area contributed by atoms with E-state index in [1.807, 2.05) is 0 Å². The predicted octanol–water partition coefficient (Wildman–Crippen LogP) is 2.30. The molecule has 0 spiro atoms. The average molecular weight is 415 g/mol. The maximum absolute atomic E-state index is 5.60. The summed E-state index contributed by atoms with van der Waals surface area (Å²) in [6, 6.07) is 1.19. The van der Waals surface area contributed by atoms with Crippen molar-refractivity contribution in [1.29, 1.82) is 0 Å². The molecule has 166 valence electrons. The van der Waals surface area contributed by atoms with E-state index in [9.17, 15) is 0 Å². The standard InChI is InChI=1S/C24H38N4O2/c1-23(2)17(15-25-5-9-29-10-6-25)19-14-22-24(3,4)18(16-26-7-11-30-12-8-26)20-13-21(23)27(19)28(20)22/h21-22H,5-16H2,1-4H3. The van der Waals surface area contributed by atoms with Crippen LogP contribution >= 0.6 is 0 Å². The number of hydrogen-bond acceptors (Lipinski definition) is 6. The van der Waals surface area contributed by atoms with Crippen LogP contribution in [0.3, 0.4) is 0 Å². The molecule has 0 amide bonds. The normalized spacial score (nSPS) is 35.2. The van der Waals surface area contributed by atoms with E-state index in [1.54, 1.807) is 22.5 Å². The lowest BCUT2D eigenvalue weighted by atomic mass is 9.73. The minimum absolute atomic E-state index is 0.240. The Kier molecular flexibility index (Phi) is 4.38. The summed E-state index contributed by atoms with van der Waals surface area (Å²) in [4.78, 5) is 5.23. The molecule has 30 heavy (non-hydrogen) atoms. The number of ether oxygens (including phenoxy) is 2. The van der Waals surface area contributed by atoms with Gasteiger partial charge < -0.3 is 9.47 Å².